The van der Waals surface area contributed by atoms with Crippen LogP contribution in [0.5, 0.6) is 23.1 Å². The van der Waals surface area contributed by atoms with E-state index >= 15 is 0 Å². The molecule has 1 atom stereocenters. The van der Waals surface area contributed by atoms with E-state index in [2.05, 4.69) is 20.6 Å². The number of hydrogen-bond acceptors (Lipinski definition) is 8. The van der Waals surface area contributed by atoms with Crippen molar-refractivity contribution >= 4 is 11.6 Å². The normalized spacial score (nSPS) is 11.7. The first-order valence-corrected chi connectivity index (χ1v) is 11.5. The fourth-order valence-corrected chi connectivity index (χ4v) is 3.52. The van der Waals surface area contributed by atoms with E-state index in [1.165, 1.54) is 5.56 Å². The van der Waals surface area contributed by atoms with E-state index in [1.54, 1.807) is 49.9 Å². The molecule has 2 aromatic carbocycles. The van der Waals surface area contributed by atoms with E-state index < -0.39 is 6.10 Å². The molecule has 1 N–H and O–H groups in total. The van der Waals surface area contributed by atoms with E-state index in [4.69, 9.17) is 18.9 Å². The summed E-state index contributed by atoms with van der Waals surface area (Å²) in [6.07, 6.45) is -0.636. The maximum absolute atomic E-state index is 12.4. The maximum Gasteiger partial charge on any atom is 0.260 e. The predicted molar refractivity (Wildman–Crippen MR) is 134 cm³/mol. The van der Waals surface area contributed by atoms with Crippen molar-refractivity contribution in [2.24, 2.45) is 0 Å². The van der Waals surface area contributed by atoms with Gasteiger partial charge in [0.15, 0.2) is 29.1 Å². The Morgan fingerprint density at radius 1 is 0.972 bits per heavy atom. The Kier molecular flexibility index (Phi) is 7.53. The van der Waals surface area contributed by atoms with Gasteiger partial charge in [0.05, 0.1) is 20.8 Å². The molecule has 10 heteroatoms. The molecule has 1 unspecified atom stereocenters. The molecule has 2 aromatic heterocycles. The fraction of sp³-hybridized carbons (Fsp3) is 0.308. The minimum atomic E-state index is -0.636. The van der Waals surface area contributed by atoms with Crippen LogP contribution in [0.1, 0.15) is 18.1 Å². The van der Waals surface area contributed by atoms with Crippen LogP contribution in [0.15, 0.2) is 48.5 Å². The molecule has 0 aliphatic heterocycles. The third kappa shape index (κ3) is 5.48. The van der Waals surface area contributed by atoms with Crippen molar-refractivity contribution in [1.82, 2.24) is 25.1 Å². The van der Waals surface area contributed by atoms with Gasteiger partial charge in [-0.1, -0.05) is 6.07 Å². The molecule has 1 amide bonds. The number of nitrogens with one attached hydrogen (secondary N) is 1. The largest absolute Gasteiger partial charge is 0.493 e. The van der Waals surface area contributed by atoms with E-state index in [9.17, 15) is 4.79 Å². The van der Waals surface area contributed by atoms with E-state index in [-0.39, 0.29) is 12.5 Å². The summed E-state index contributed by atoms with van der Waals surface area (Å²) in [7, 11) is 3.15. The zero-order chi connectivity index (χ0) is 25.7. The Bertz CT molecular complexity index is 1370. The molecule has 0 saturated heterocycles. The summed E-state index contributed by atoms with van der Waals surface area (Å²) in [6.45, 7) is 6.27. The van der Waals surface area contributed by atoms with Crippen LogP contribution in [0.2, 0.25) is 0 Å². The second-order valence-corrected chi connectivity index (χ2v) is 8.18. The number of fused-ring (bicyclic) bond motifs is 1. The smallest absolute Gasteiger partial charge is 0.260 e. The average Bonchev–Trinajstić information content (AvgIpc) is 3.31. The Morgan fingerprint density at radius 2 is 1.78 bits per heavy atom. The summed E-state index contributed by atoms with van der Waals surface area (Å²) in [5.74, 6) is 2.52. The molecular weight excluding hydrogens is 462 g/mol. The summed E-state index contributed by atoms with van der Waals surface area (Å²) in [6, 6.07) is 14.7. The number of nitrogens with zero attached hydrogens (tertiary/aromatic N) is 4. The highest BCUT2D eigenvalue weighted by Crippen LogP contribution is 2.31. The van der Waals surface area contributed by atoms with Gasteiger partial charge in [-0.2, -0.15) is 4.52 Å². The number of carbonyl (C=O) groups excluding carboxylic acids is 1. The molecule has 0 saturated carbocycles. The van der Waals surface area contributed by atoms with Gasteiger partial charge in [0.25, 0.3) is 5.91 Å². The summed E-state index contributed by atoms with van der Waals surface area (Å²) >= 11 is 0. The lowest BCUT2D eigenvalue weighted by Gasteiger charge is -2.15. The zero-order valence-electron chi connectivity index (χ0n) is 20.9. The van der Waals surface area contributed by atoms with Crippen molar-refractivity contribution < 1.29 is 23.7 Å². The molecule has 0 spiro atoms. The van der Waals surface area contributed by atoms with Crippen LogP contribution >= 0.6 is 0 Å². The molecule has 0 bridgehead atoms. The molecule has 0 radical (unpaired) electrons. The van der Waals surface area contributed by atoms with Crippen LogP contribution in [-0.2, 0) is 4.79 Å². The highest BCUT2D eigenvalue weighted by molar-refractivity contribution is 5.80. The lowest BCUT2D eigenvalue weighted by atomic mass is 10.1. The number of rotatable bonds is 10. The van der Waals surface area contributed by atoms with Crippen LogP contribution in [-0.4, -0.2) is 59.2 Å². The van der Waals surface area contributed by atoms with Gasteiger partial charge in [-0.15, -0.1) is 15.3 Å². The van der Waals surface area contributed by atoms with Crippen LogP contribution < -0.4 is 24.3 Å². The lowest BCUT2D eigenvalue weighted by molar-refractivity contribution is -0.127. The van der Waals surface area contributed by atoms with E-state index in [0.717, 1.165) is 11.1 Å². The summed E-state index contributed by atoms with van der Waals surface area (Å²) in [4.78, 5) is 12.4. The van der Waals surface area contributed by atoms with Gasteiger partial charge in [0.1, 0.15) is 12.4 Å². The average molecular weight is 492 g/mol. The van der Waals surface area contributed by atoms with Gasteiger partial charge in [-0.25, -0.2) is 0 Å². The molecule has 10 nitrogen and oxygen atoms in total. The van der Waals surface area contributed by atoms with Gasteiger partial charge in [-0.05, 0) is 68.3 Å². The molecule has 4 aromatic rings. The standard InChI is InChI=1S/C26H29N5O5/c1-16-6-8-20(14-17(16)2)36-18(3)26(32)27-12-13-35-24-11-10-23-28-29-25(31(23)30-24)19-7-9-21(33-4)22(15-19)34-5/h6-11,14-15,18H,12-13H2,1-5H3,(H,27,32). The third-order valence-corrected chi connectivity index (χ3v) is 5.69. The van der Waals surface area contributed by atoms with Crippen LogP contribution in [0.25, 0.3) is 17.0 Å². The van der Waals surface area contributed by atoms with E-state index in [1.807, 2.05) is 38.1 Å². The minimum absolute atomic E-state index is 0.227. The second-order valence-electron chi connectivity index (χ2n) is 8.18. The number of hydrogen-bond donors (Lipinski definition) is 1. The van der Waals surface area contributed by atoms with Crippen LogP contribution in [0, 0.1) is 13.8 Å². The summed E-state index contributed by atoms with van der Waals surface area (Å²) < 4.78 is 23.8. The molecule has 4 rings (SSSR count). The highest BCUT2D eigenvalue weighted by atomic mass is 16.5. The Morgan fingerprint density at radius 3 is 2.53 bits per heavy atom. The van der Waals surface area contributed by atoms with Crippen molar-refractivity contribution in [3.05, 3.63) is 59.7 Å². The maximum atomic E-state index is 12.4. The molecule has 0 fully saturated rings. The lowest BCUT2D eigenvalue weighted by Crippen LogP contribution is -2.38. The van der Waals surface area contributed by atoms with Gasteiger partial charge in [-0.3, -0.25) is 4.79 Å². The first-order valence-electron chi connectivity index (χ1n) is 11.5. The van der Waals surface area contributed by atoms with Gasteiger partial charge >= 0.3 is 0 Å². The van der Waals surface area contributed by atoms with E-state index in [0.29, 0.717) is 41.1 Å². The van der Waals surface area contributed by atoms with Gasteiger partial charge < -0.3 is 24.3 Å². The zero-order valence-corrected chi connectivity index (χ0v) is 20.9. The molecule has 36 heavy (non-hydrogen) atoms. The first-order chi connectivity index (χ1) is 17.4. The van der Waals surface area contributed by atoms with Gasteiger partial charge in [0.2, 0.25) is 5.88 Å². The number of aromatic nitrogens is 4. The summed E-state index contributed by atoms with van der Waals surface area (Å²) in [5, 5.41) is 15.7. The Balaban J connectivity index is 1.35. The fourth-order valence-electron chi connectivity index (χ4n) is 3.52. The Labute approximate surface area is 209 Å². The Hall–Kier alpha value is -4.34. The number of amides is 1. The number of methoxy groups -OCH3 is 2. The third-order valence-electron chi connectivity index (χ3n) is 5.69. The van der Waals surface area contributed by atoms with Crippen molar-refractivity contribution in [3.8, 4) is 34.5 Å². The predicted octanol–water partition coefficient (Wildman–Crippen LogP) is 3.39. The minimum Gasteiger partial charge on any atom is -0.493 e. The number of carbonyl (C=O) groups is 1. The topological polar surface area (TPSA) is 109 Å². The van der Waals surface area contributed by atoms with Crippen LogP contribution in [0.3, 0.4) is 0 Å². The molecule has 188 valence electrons. The van der Waals surface area contributed by atoms with Crippen molar-refractivity contribution in [1.29, 1.82) is 0 Å². The van der Waals surface area contributed by atoms with Crippen molar-refractivity contribution in [2.75, 3.05) is 27.4 Å². The molecule has 0 aliphatic rings. The monoisotopic (exact) mass is 491 g/mol. The first kappa shape index (κ1) is 24.8. The van der Waals surface area contributed by atoms with Crippen LogP contribution in [0.4, 0.5) is 0 Å². The number of benzene rings is 2. The van der Waals surface area contributed by atoms with Crippen molar-refractivity contribution in [3.63, 3.8) is 0 Å². The quantitative estimate of drug-likeness (QED) is 0.336. The highest BCUT2D eigenvalue weighted by Gasteiger charge is 2.16. The SMILES string of the molecule is COc1ccc(-c2nnc3ccc(OCCNC(=O)C(C)Oc4ccc(C)c(C)c4)nn23)cc1OC. The molecular formula is C26H29N5O5. The summed E-state index contributed by atoms with van der Waals surface area (Å²) in [5.41, 5.74) is 3.61. The molecule has 0 aliphatic carbocycles. The van der Waals surface area contributed by atoms with Gasteiger partial charge in [0, 0.05) is 11.6 Å². The number of aryl methyl sites for hydroxylation is 2. The number of ether oxygens (including phenoxy) is 4. The molecule has 2 heterocycles. The second kappa shape index (κ2) is 10.9. The van der Waals surface area contributed by atoms with Crippen molar-refractivity contribution in [2.45, 2.75) is 26.9 Å².